The first-order chi connectivity index (χ1) is 10.2. The van der Waals surface area contributed by atoms with Gasteiger partial charge in [-0.15, -0.1) is 0 Å². The van der Waals surface area contributed by atoms with Crippen molar-refractivity contribution in [1.29, 1.82) is 0 Å². The highest BCUT2D eigenvalue weighted by molar-refractivity contribution is 9.10. The molecule has 0 bridgehead atoms. The number of nitrogens with one attached hydrogen (secondary N) is 1. The number of methoxy groups -OCH3 is 1. The highest BCUT2D eigenvalue weighted by atomic mass is 79.9. The molecular weight excluding hydrogens is 328 g/mol. The fourth-order valence-corrected chi connectivity index (χ4v) is 3.19. The maximum atomic E-state index is 5.05. The Morgan fingerprint density at radius 3 is 2.81 bits per heavy atom. The fraction of sp³-hybridized carbons (Fsp3) is 0.647. The van der Waals surface area contributed by atoms with Gasteiger partial charge in [-0.2, -0.15) is 0 Å². The summed E-state index contributed by atoms with van der Waals surface area (Å²) in [7, 11) is 1.73. The summed E-state index contributed by atoms with van der Waals surface area (Å²) >= 11 is 3.76. The van der Waals surface area contributed by atoms with Crippen LogP contribution in [0, 0.1) is 5.92 Å². The summed E-state index contributed by atoms with van der Waals surface area (Å²) in [6.07, 6.45) is 4.00. The third-order valence-electron chi connectivity index (χ3n) is 3.83. The Morgan fingerprint density at radius 1 is 1.38 bits per heavy atom. The number of rotatable bonds is 10. The van der Waals surface area contributed by atoms with Gasteiger partial charge in [-0.25, -0.2) is 0 Å². The van der Waals surface area contributed by atoms with Gasteiger partial charge in [-0.1, -0.05) is 13.0 Å². The van der Waals surface area contributed by atoms with Gasteiger partial charge in [0.15, 0.2) is 0 Å². The largest absolute Gasteiger partial charge is 0.383 e. The van der Waals surface area contributed by atoms with Crippen LogP contribution < -0.4 is 10.2 Å². The zero-order valence-corrected chi connectivity index (χ0v) is 14.8. The molecule has 21 heavy (non-hydrogen) atoms. The van der Waals surface area contributed by atoms with Crippen molar-refractivity contribution in [1.82, 2.24) is 5.32 Å². The number of hydrogen-bond acceptors (Lipinski definition) is 3. The van der Waals surface area contributed by atoms with Crippen LogP contribution in [0.5, 0.6) is 0 Å². The van der Waals surface area contributed by atoms with Crippen molar-refractivity contribution in [2.45, 2.75) is 32.7 Å². The Morgan fingerprint density at radius 2 is 2.19 bits per heavy atom. The SMILES string of the molecule is CCCN(CC1CC1)c1ccc(CNCCOC)cc1Br. The van der Waals surface area contributed by atoms with Gasteiger partial charge in [-0.05, 0) is 58.8 Å². The Labute approximate surface area is 137 Å². The van der Waals surface area contributed by atoms with Crippen LogP contribution in [0.2, 0.25) is 0 Å². The lowest BCUT2D eigenvalue weighted by Crippen LogP contribution is -2.27. The number of anilines is 1. The van der Waals surface area contributed by atoms with Crippen LogP contribution >= 0.6 is 15.9 Å². The molecular formula is C17H27BrN2O. The summed E-state index contributed by atoms with van der Waals surface area (Å²) in [4.78, 5) is 2.53. The van der Waals surface area contributed by atoms with Crippen LogP contribution in [-0.2, 0) is 11.3 Å². The van der Waals surface area contributed by atoms with E-state index in [1.54, 1.807) is 7.11 Å². The molecule has 1 aromatic carbocycles. The van der Waals surface area contributed by atoms with Gasteiger partial charge < -0.3 is 15.0 Å². The molecule has 0 aliphatic heterocycles. The van der Waals surface area contributed by atoms with E-state index in [0.29, 0.717) is 0 Å². The van der Waals surface area contributed by atoms with Crippen molar-refractivity contribution in [3.05, 3.63) is 28.2 Å². The number of nitrogens with zero attached hydrogens (tertiary/aromatic N) is 1. The summed E-state index contributed by atoms with van der Waals surface area (Å²) in [5.41, 5.74) is 2.65. The number of ether oxygens (including phenoxy) is 1. The predicted octanol–water partition coefficient (Wildman–Crippen LogP) is 3.81. The molecule has 118 valence electrons. The average Bonchev–Trinajstić information content (AvgIpc) is 3.27. The average molecular weight is 355 g/mol. The third kappa shape index (κ3) is 5.61. The van der Waals surface area contributed by atoms with Gasteiger partial charge in [0.25, 0.3) is 0 Å². The molecule has 0 aromatic heterocycles. The quantitative estimate of drug-likeness (QED) is 0.646. The summed E-state index contributed by atoms with van der Waals surface area (Å²) in [6, 6.07) is 6.73. The van der Waals surface area contributed by atoms with Crippen LogP contribution in [0.4, 0.5) is 5.69 Å². The molecule has 0 heterocycles. The molecule has 1 aliphatic carbocycles. The van der Waals surface area contributed by atoms with Crippen molar-refractivity contribution in [2.75, 3.05) is 38.3 Å². The van der Waals surface area contributed by atoms with Crippen LogP contribution in [-0.4, -0.2) is 33.4 Å². The maximum Gasteiger partial charge on any atom is 0.0587 e. The predicted molar refractivity (Wildman–Crippen MR) is 93.0 cm³/mol. The maximum absolute atomic E-state index is 5.05. The molecule has 0 unspecified atom stereocenters. The number of hydrogen-bond donors (Lipinski definition) is 1. The van der Waals surface area contributed by atoms with Crippen LogP contribution in [0.3, 0.4) is 0 Å². The molecule has 1 aromatic rings. The molecule has 0 atom stereocenters. The minimum Gasteiger partial charge on any atom is -0.383 e. The van der Waals surface area contributed by atoms with E-state index in [-0.39, 0.29) is 0 Å². The second-order valence-electron chi connectivity index (χ2n) is 5.84. The van der Waals surface area contributed by atoms with Crippen LogP contribution in [0.15, 0.2) is 22.7 Å². The lowest BCUT2D eigenvalue weighted by Gasteiger charge is -2.26. The molecule has 3 nitrogen and oxygen atoms in total. The number of halogens is 1. The summed E-state index contributed by atoms with van der Waals surface area (Å²) in [6.45, 7) is 7.13. The van der Waals surface area contributed by atoms with Gasteiger partial charge in [0.2, 0.25) is 0 Å². The normalized spacial score (nSPS) is 14.4. The Bertz CT molecular complexity index is 435. The van der Waals surface area contributed by atoms with E-state index < -0.39 is 0 Å². The highest BCUT2D eigenvalue weighted by Gasteiger charge is 2.24. The van der Waals surface area contributed by atoms with Crippen molar-refractivity contribution in [3.63, 3.8) is 0 Å². The van der Waals surface area contributed by atoms with E-state index in [4.69, 9.17) is 4.74 Å². The minimum absolute atomic E-state index is 0.755. The molecule has 1 saturated carbocycles. The molecule has 0 saturated heterocycles. The number of benzene rings is 1. The van der Waals surface area contributed by atoms with Gasteiger partial charge in [0.1, 0.15) is 0 Å². The first-order valence-corrected chi connectivity index (χ1v) is 8.77. The lowest BCUT2D eigenvalue weighted by atomic mass is 10.1. The molecule has 1 fully saturated rings. The van der Waals surface area contributed by atoms with E-state index in [0.717, 1.165) is 32.2 Å². The summed E-state index contributed by atoms with van der Waals surface area (Å²) in [5.74, 6) is 0.916. The monoisotopic (exact) mass is 354 g/mol. The third-order valence-corrected chi connectivity index (χ3v) is 4.47. The van der Waals surface area contributed by atoms with E-state index in [1.807, 2.05) is 0 Å². The highest BCUT2D eigenvalue weighted by Crippen LogP contribution is 2.34. The molecule has 2 rings (SSSR count). The Hall–Kier alpha value is -0.580. The Balaban J connectivity index is 1.95. The van der Waals surface area contributed by atoms with E-state index in [9.17, 15) is 0 Å². The van der Waals surface area contributed by atoms with Crippen molar-refractivity contribution in [3.8, 4) is 0 Å². The smallest absolute Gasteiger partial charge is 0.0587 e. The minimum atomic E-state index is 0.755. The molecule has 1 aliphatic rings. The summed E-state index contributed by atoms with van der Waals surface area (Å²) < 4.78 is 6.26. The molecule has 0 radical (unpaired) electrons. The van der Waals surface area contributed by atoms with E-state index in [1.165, 1.54) is 41.5 Å². The molecule has 0 amide bonds. The zero-order valence-electron chi connectivity index (χ0n) is 13.2. The van der Waals surface area contributed by atoms with Gasteiger partial charge in [0, 0.05) is 37.8 Å². The zero-order chi connectivity index (χ0) is 15.1. The van der Waals surface area contributed by atoms with Gasteiger partial charge in [-0.3, -0.25) is 0 Å². The Kier molecular flexibility index (Phi) is 7.00. The van der Waals surface area contributed by atoms with E-state index in [2.05, 4.69) is 51.3 Å². The molecule has 4 heteroatoms. The second-order valence-corrected chi connectivity index (χ2v) is 6.70. The molecule has 1 N–H and O–H groups in total. The fourth-order valence-electron chi connectivity index (χ4n) is 2.52. The van der Waals surface area contributed by atoms with Gasteiger partial charge in [0.05, 0.1) is 12.3 Å². The first kappa shape index (κ1) is 16.8. The second kappa shape index (κ2) is 8.76. The van der Waals surface area contributed by atoms with Crippen molar-refractivity contribution >= 4 is 21.6 Å². The van der Waals surface area contributed by atoms with Crippen LogP contribution in [0.25, 0.3) is 0 Å². The van der Waals surface area contributed by atoms with Crippen molar-refractivity contribution in [2.24, 2.45) is 5.92 Å². The van der Waals surface area contributed by atoms with Crippen LogP contribution in [0.1, 0.15) is 31.7 Å². The van der Waals surface area contributed by atoms with Crippen molar-refractivity contribution < 1.29 is 4.74 Å². The van der Waals surface area contributed by atoms with E-state index >= 15 is 0 Å². The summed E-state index contributed by atoms with van der Waals surface area (Å²) in [5, 5.41) is 3.39. The first-order valence-electron chi connectivity index (χ1n) is 7.97. The molecule has 0 spiro atoms. The topological polar surface area (TPSA) is 24.5 Å². The lowest BCUT2D eigenvalue weighted by molar-refractivity contribution is 0.199. The standard InChI is InChI=1S/C17H27BrN2O/c1-3-9-20(13-14-4-5-14)17-7-6-15(11-16(17)18)12-19-8-10-21-2/h6-7,11,14,19H,3-5,8-10,12-13H2,1-2H3. The van der Waals surface area contributed by atoms with Gasteiger partial charge >= 0.3 is 0 Å².